The minimum atomic E-state index is -0.252. The summed E-state index contributed by atoms with van der Waals surface area (Å²) in [6.45, 7) is 0. The Labute approximate surface area is 118 Å². The Morgan fingerprint density at radius 3 is 2.55 bits per heavy atom. The number of aromatic nitrogens is 1. The van der Waals surface area contributed by atoms with Crippen molar-refractivity contribution in [3.63, 3.8) is 0 Å². The maximum absolute atomic E-state index is 13.0. The van der Waals surface area contributed by atoms with E-state index >= 15 is 0 Å². The van der Waals surface area contributed by atoms with Crippen LogP contribution in [0.15, 0.2) is 28.8 Å². The molecule has 1 aromatic heterocycles. The number of nitrogen functional groups attached to an aromatic ring is 1. The zero-order valence-corrected chi connectivity index (χ0v) is 11.4. The predicted molar refractivity (Wildman–Crippen MR) is 76.6 cm³/mol. The highest BCUT2D eigenvalue weighted by atomic mass is 19.1. The molecule has 1 heterocycles. The number of benzene rings is 1. The van der Waals surface area contributed by atoms with E-state index in [1.54, 1.807) is 12.1 Å². The van der Waals surface area contributed by atoms with Gasteiger partial charge < -0.3 is 10.3 Å². The van der Waals surface area contributed by atoms with Crippen LogP contribution in [0, 0.1) is 11.7 Å². The van der Waals surface area contributed by atoms with Crippen LogP contribution in [0.25, 0.3) is 11.1 Å². The number of hydrogen-bond donors (Lipinski definition) is 1. The molecule has 0 radical (unpaired) electrons. The third-order valence-corrected chi connectivity index (χ3v) is 4.12. The molecule has 3 nitrogen and oxygen atoms in total. The highest BCUT2D eigenvalue weighted by Crippen LogP contribution is 2.34. The molecule has 106 valence electrons. The Kier molecular flexibility index (Phi) is 3.72. The van der Waals surface area contributed by atoms with Crippen molar-refractivity contribution in [2.75, 3.05) is 5.73 Å². The van der Waals surface area contributed by atoms with E-state index in [9.17, 15) is 4.39 Å². The summed E-state index contributed by atoms with van der Waals surface area (Å²) in [6, 6.07) is 6.32. The highest BCUT2D eigenvalue weighted by Gasteiger charge is 2.21. The Balaban J connectivity index is 1.86. The average Bonchev–Trinajstić information content (AvgIpc) is 2.82. The molecule has 0 bridgehead atoms. The molecule has 0 amide bonds. The van der Waals surface area contributed by atoms with Gasteiger partial charge in [0.1, 0.15) is 11.6 Å². The van der Waals surface area contributed by atoms with Crippen LogP contribution in [0.5, 0.6) is 0 Å². The van der Waals surface area contributed by atoms with Crippen molar-refractivity contribution >= 4 is 5.82 Å². The zero-order chi connectivity index (χ0) is 13.9. The van der Waals surface area contributed by atoms with Crippen LogP contribution in [0.2, 0.25) is 0 Å². The summed E-state index contributed by atoms with van der Waals surface area (Å²) in [4.78, 5) is 0. The monoisotopic (exact) mass is 274 g/mol. The fraction of sp³-hybridized carbons (Fsp3) is 0.438. The lowest BCUT2D eigenvalue weighted by Gasteiger charge is -2.20. The molecule has 1 saturated carbocycles. The van der Waals surface area contributed by atoms with Crippen LogP contribution < -0.4 is 5.73 Å². The Bertz CT molecular complexity index is 571. The minimum absolute atomic E-state index is 0.252. The van der Waals surface area contributed by atoms with Crippen molar-refractivity contribution in [3.8, 4) is 11.1 Å². The topological polar surface area (TPSA) is 52.0 Å². The standard InChI is InChI=1S/C16H19FN2O/c17-13-8-6-12(7-9-13)15-14(20-19-16(15)18)10-11-4-2-1-3-5-11/h6-9,11H,1-5,10H2,(H2,18,19). The lowest BCUT2D eigenvalue weighted by molar-refractivity contribution is 0.311. The second-order valence-corrected chi connectivity index (χ2v) is 5.58. The molecule has 1 aromatic carbocycles. The molecule has 2 aromatic rings. The Morgan fingerprint density at radius 1 is 1.15 bits per heavy atom. The van der Waals surface area contributed by atoms with Gasteiger partial charge in [-0.3, -0.25) is 0 Å². The normalized spacial score (nSPS) is 16.4. The average molecular weight is 274 g/mol. The van der Waals surface area contributed by atoms with Gasteiger partial charge in [-0.2, -0.15) is 0 Å². The van der Waals surface area contributed by atoms with Gasteiger partial charge >= 0.3 is 0 Å². The van der Waals surface area contributed by atoms with E-state index in [-0.39, 0.29) is 5.82 Å². The van der Waals surface area contributed by atoms with Crippen LogP contribution in [-0.2, 0) is 6.42 Å². The molecule has 1 aliphatic rings. The molecule has 4 heteroatoms. The quantitative estimate of drug-likeness (QED) is 0.913. The number of anilines is 1. The van der Waals surface area contributed by atoms with E-state index in [0.717, 1.165) is 23.3 Å². The lowest BCUT2D eigenvalue weighted by atomic mass is 9.85. The number of hydrogen-bond acceptors (Lipinski definition) is 3. The van der Waals surface area contributed by atoms with E-state index in [1.807, 2.05) is 0 Å². The van der Waals surface area contributed by atoms with Gasteiger partial charge in [0.25, 0.3) is 0 Å². The maximum Gasteiger partial charge on any atom is 0.175 e. The fourth-order valence-electron chi connectivity index (χ4n) is 3.06. The molecule has 3 rings (SSSR count). The lowest BCUT2D eigenvalue weighted by Crippen LogP contribution is -2.09. The largest absolute Gasteiger partial charge is 0.380 e. The smallest absolute Gasteiger partial charge is 0.175 e. The van der Waals surface area contributed by atoms with Crippen molar-refractivity contribution < 1.29 is 8.91 Å². The number of nitrogens with two attached hydrogens (primary N) is 1. The summed E-state index contributed by atoms with van der Waals surface area (Å²) in [6.07, 6.45) is 7.27. The predicted octanol–water partition coefficient (Wildman–Crippen LogP) is 4.19. The molecule has 2 N–H and O–H groups in total. The maximum atomic E-state index is 13.0. The van der Waals surface area contributed by atoms with Crippen molar-refractivity contribution in [3.05, 3.63) is 35.8 Å². The third-order valence-electron chi connectivity index (χ3n) is 4.12. The molecular weight excluding hydrogens is 255 g/mol. The number of rotatable bonds is 3. The van der Waals surface area contributed by atoms with E-state index in [2.05, 4.69) is 5.16 Å². The van der Waals surface area contributed by atoms with Gasteiger partial charge in [-0.1, -0.05) is 49.4 Å². The summed E-state index contributed by atoms with van der Waals surface area (Å²) in [7, 11) is 0. The molecule has 0 atom stereocenters. The van der Waals surface area contributed by atoms with Crippen LogP contribution in [0.4, 0.5) is 10.2 Å². The van der Waals surface area contributed by atoms with Gasteiger partial charge in [0.05, 0.1) is 5.56 Å². The first-order chi connectivity index (χ1) is 9.74. The molecule has 0 saturated heterocycles. The Morgan fingerprint density at radius 2 is 1.85 bits per heavy atom. The number of nitrogens with zero attached hydrogens (tertiary/aromatic N) is 1. The van der Waals surface area contributed by atoms with E-state index in [4.69, 9.17) is 10.3 Å². The molecule has 1 aliphatic carbocycles. The SMILES string of the molecule is Nc1noc(CC2CCCCC2)c1-c1ccc(F)cc1. The molecule has 0 aliphatic heterocycles. The minimum Gasteiger partial charge on any atom is -0.380 e. The first-order valence-electron chi connectivity index (χ1n) is 7.24. The van der Waals surface area contributed by atoms with Crippen molar-refractivity contribution in [1.29, 1.82) is 0 Å². The zero-order valence-electron chi connectivity index (χ0n) is 11.4. The van der Waals surface area contributed by atoms with Gasteiger partial charge in [0.15, 0.2) is 5.82 Å². The van der Waals surface area contributed by atoms with Gasteiger partial charge in [0, 0.05) is 6.42 Å². The van der Waals surface area contributed by atoms with Crippen LogP contribution in [0.1, 0.15) is 37.9 Å². The third kappa shape index (κ3) is 2.69. The van der Waals surface area contributed by atoms with Gasteiger partial charge in [-0.05, 0) is 23.6 Å². The van der Waals surface area contributed by atoms with Crippen molar-refractivity contribution in [2.24, 2.45) is 5.92 Å². The number of halogens is 1. The van der Waals surface area contributed by atoms with Gasteiger partial charge in [-0.25, -0.2) is 4.39 Å². The summed E-state index contributed by atoms with van der Waals surface area (Å²) in [5.41, 5.74) is 7.62. The summed E-state index contributed by atoms with van der Waals surface area (Å²) in [5.74, 6) is 1.62. The van der Waals surface area contributed by atoms with E-state index < -0.39 is 0 Å². The highest BCUT2D eigenvalue weighted by molar-refractivity contribution is 5.75. The summed E-state index contributed by atoms with van der Waals surface area (Å²) >= 11 is 0. The second-order valence-electron chi connectivity index (χ2n) is 5.58. The van der Waals surface area contributed by atoms with Crippen molar-refractivity contribution in [2.45, 2.75) is 38.5 Å². The molecule has 1 fully saturated rings. The molecule has 0 spiro atoms. The van der Waals surface area contributed by atoms with E-state index in [1.165, 1.54) is 44.2 Å². The second kappa shape index (κ2) is 5.65. The van der Waals surface area contributed by atoms with Crippen molar-refractivity contribution in [1.82, 2.24) is 5.16 Å². The summed E-state index contributed by atoms with van der Waals surface area (Å²) < 4.78 is 18.4. The van der Waals surface area contributed by atoms with Crippen LogP contribution in [-0.4, -0.2) is 5.16 Å². The van der Waals surface area contributed by atoms with Crippen LogP contribution in [0.3, 0.4) is 0 Å². The summed E-state index contributed by atoms with van der Waals surface area (Å²) in [5, 5.41) is 3.89. The fourth-order valence-corrected chi connectivity index (χ4v) is 3.06. The van der Waals surface area contributed by atoms with Gasteiger partial charge in [-0.15, -0.1) is 0 Å². The first kappa shape index (κ1) is 13.2. The first-order valence-corrected chi connectivity index (χ1v) is 7.24. The molecular formula is C16H19FN2O. The molecule has 20 heavy (non-hydrogen) atoms. The molecule has 0 unspecified atom stereocenters. The van der Waals surface area contributed by atoms with E-state index in [0.29, 0.717) is 11.7 Å². The van der Waals surface area contributed by atoms with Crippen LogP contribution >= 0.6 is 0 Å². The van der Waals surface area contributed by atoms with Gasteiger partial charge in [0.2, 0.25) is 0 Å². The Hall–Kier alpha value is -1.84.